The predicted molar refractivity (Wildman–Crippen MR) is 76.7 cm³/mol. The van der Waals surface area contributed by atoms with Gasteiger partial charge in [-0.1, -0.05) is 15.9 Å². The van der Waals surface area contributed by atoms with Gasteiger partial charge < -0.3 is 10.5 Å². The van der Waals surface area contributed by atoms with E-state index in [1.807, 2.05) is 25.1 Å². The van der Waals surface area contributed by atoms with Crippen LogP contribution in [-0.2, 0) is 16.3 Å². The molecule has 1 aromatic carbocycles. The van der Waals surface area contributed by atoms with Gasteiger partial charge in [0, 0.05) is 16.8 Å². The molecule has 0 aliphatic rings. The Kier molecular flexibility index (Phi) is 5.62. The van der Waals surface area contributed by atoms with Crippen LogP contribution in [0.1, 0.15) is 12.5 Å². The standard InChI is InChI=1S/C12H18BrNO3S/c1-9(14)7-10-8-11(13)3-4-12(10)17-5-6-18(2,15)16/h3-4,8-9H,5-7,14H2,1-2H3. The molecule has 0 aliphatic heterocycles. The Bertz CT molecular complexity index is 500. The minimum Gasteiger partial charge on any atom is -0.492 e. The van der Waals surface area contributed by atoms with E-state index in [-0.39, 0.29) is 18.4 Å². The third-order valence-corrected chi connectivity index (χ3v) is 3.68. The molecule has 18 heavy (non-hydrogen) atoms. The van der Waals surface area contributed by atoms with Crippen LogP contribution in [-0.4, -0.2) is 33.1 Å². The second-order valence-electron chi connectivity index (χ2n) is 4.41. The van der Waals surface area contributed by atoms with E-state index in [0.29, 0.717) is 12.2 Å². The van der Waals surface area contributed by atoms with E-state index in [2.05, 4.69) is 15.9 Å². The summed E-state index contributed by atoms with van der Waals surface area (Å²) in [5.74, 6) is 0.708. The van der Waals surface area contributed by atoms with Crippen LogP contribution in [0.4, 0.5) is 0 Å². The number of sulfone groups is 1. The number of hydrogen-bond donors (Lipinski definition) is 1. The van der Waals surface area contributed by atoms with Crippen molar-refractivity contribution in [2.75, 3.05) is 18.6 Å². The van der Waals surface area contributed by atoms with Gasteiger partial charge in [0.15, 0.2) is 9.84 Å². The average Bonchev–Trinajstić information content (AvgIpc) is 2.18. The molecule has 1 rings (SSSR count). The normalized spacial score (nSPS) is 13.3. The molecule has 1 aromatic rings. The third-order valence-electron chi connectivity index (χ3n) is 2.28. The van der Waals surface area contributed by atoms with Gasteiger partial charge in [-0.2, -0.15) is 0 Å². The maximum atomic E-state index is 11.0. The number of halogens is 1. The highest BCUT2D eigenvalue weighted by atomic mass is 79.9. The van der Waals surface area contributed by atoms with Crippen LogP contribution in [0.3, 0.4) is 0 Å². The van der Waals surface area contributed by atoms with Crippen molar-refractivity contribution in [1.82, 2.24) is 0 Å². The van der Waals surface area contributed by atoms with Crippen LogP contribution in [0.25, 0.3) is 0 Å². The Balaban J connectivity index is 2.75. The zero-order valence-electron chi connectivity index (χ0n) is 10.5. The minimum absolute atomic E-state index is 0.0146. The van der Waals surface area contributed by atoms with Gasteiger partial charge in [-0.15, -0.1) is 0 Å². The number of nitrogens with two attached hydrogens (primary N) is 1. The highest BCUT2D eigenvalue weighted by Crippen LogP contribution is 2.24. The summed E-state index contributed by atoms with van der Waals surface area (Å²) in [6.07, 6.45) is 1.88. The Hall–Kier alpha value is -0.590. The van der Waals surface area contributed by atoms with Crippen LogP contribution in [0.5, 0.6) is 5.75 Å². The second kappa shape index (κ2) is 6.54. The SMILES string of the molecule is CC(N)Cc1cc(Br)ccc1OCCS(C)(=O)=O. The molecule has 0 saturated carbocycles. The second-order valence-corrected chi connectivity index (χ2v) is 7.59. The van der Waals surface area contributed by atoms with Crippen LogP contribution in [0.2, 0.25) is 0 Å². The molecule has 0 amide bonds. The molecule has 2 N–H and O–H groups in total. The van der Waals surface area contributed by atoms with E-state index in [0.717, 1.165) is 10.0 Å². The first kappa shape index (κ1) is 15.5. The first-order chi connectivity index (χ1) is 8.28. The third kappa shape index (κ3) is 5.84. The topological polar surface area (TPSA) is 69.4 Å². The predicted octanol–water partition coefficient (Wildman–Crippen LogP) is 1.76. The van der Waals surface area contributed by atoms with Gasteiger partial charge >= 0.3 is 0 Å². The van der Waals surface area contributed by atoms with Crippen molar-refractivity contribution in [3.05, 3.63) is 28.2 Å². The minimum atomic E-state index is -3.00. The van der Waals surface area contributed by atoms with E-state index in [1.54, 1.807) is 0 Å². The van der Waals surface area contributed by atoms with Crippen molar-refractivity contribution < 1.29 is 13.2 Å². The molecule has 0 saturated heterocycles. The highest BCUT2D eigenvalue weighted by Gasteiger charge is 2.08. The molecular formula is C12H18BrNO3S. The molecule has 0 fully saturated rings. The lowest BCUT2D eigenvalue weighted by Gasteiger charge is -2.13. The number of benzene rings is 1. The highest BCUT2D eigenvalue weighted by molar-refractivity contribution is 9.10. The molecule has 4 nitrogen and oxygen atoms in total. The van der Waals surface area contributed by atoms with Crippen LogP contribution >= 0.6 is 15.9 Å². The Morgan fingerprint density at radius 2 is 2.11 bits per heavy atom. The van der Waals surface area contributed by atoms with Crippen LogP contribution < -0.4 is 10.5 Å². The maximum absolute atomic E-state index is 11.0. The van der Waals surface area contributed by atoms with Crippen molar-refractivity contribution in [3.8, 4) is 5.75 Å². The molecule has 6 heteroatoms. The Morgan fingerprint density at radius 3 is 2.67 bits per heavy atom. The summed E-state index contributed by atoms with van der Waals surface area (Å²) in [4.78, 5) is 0. The van der Waals surface area contributed by atoms with E-state index in [1.165, 1.54) is 6.26 Å². The van der Waals surface area contributed by atoms with E-state index in [4.69, 9.17) is 10.5 Å². The molecule has 0 spiro atoms. The summed E-state index contributed by atoms with van der Waals surface area (Å²) < 4.78 is 28.5. The molecular weight excluding hydrogens is 318 g/mol. The zero-order valence-corrected chi connectivity index (χ0v) is 12.9. The molecule has 1 unspecified atom stereocenters. The quantitative estimate of drug-likeness (QED) is 0.859. The first-order valence-corrected chi connectivity index (χ1v) is 8.48. The summed E-state index contributed by atoms with van der Waals surface area (Å²) in [6, 6.07) is 5.65. The Morgan fingerprint density at radius 1 is 1.44 bits per heavy atom. The lowest BCUT2D eigenvalue weighted by Crippen LogP contribution is -2.19. The maximum Gasteiger partial charge on any atom is 0.150 e. The lowest BCUT2D eigenvalue weighted by atomic mass is 10.1. The molecule has 0 aliphatic carbocycles. The molecule has 0 radical (unpaired) electrons. The number of rotatable bonds is 6. The van der Waals surface area contributed by atoms with Gasteiger partial charge in [0.05, 0.1) is 5.75 Å². The van der Waals surface area contributed by atoms with Crippen molar-refractivity contribution >= 4 is 25.8 Å². The smallest absolute Gasteiger partial charge is 0.150 e. The molecule has 0 aromatic heterocycles. The van der Waals surface area contributed by atoms with Gasteiger partial charge in [-0.3, -0.25) is 0 Å². The van der Waals surface area contributed by atoms with Gasteiger partial charge in [-0.05, 0) is 37.1 Å². The van der Waals surface area contributed by atoms with Crippen LogP contribution in [0, 0.1) is 0 Å². The van der Waals surface area contributed by atoms with E-state index < -0.39 is 9.84 Å². The lowest BCUT2D eigenvalue weighted by molar-refractivity contribution is 0.336. The summed E-state index contributed by atoms with van der Waals surface area (Å²) in [5, 5.41) is 0. The van der Waals surface area contributed by atoms with Crippen molar-refractivity contribution in [3.63, 3.8) is 0 Å². The fourth-order valence-electron chi connectivity index (χ4n) is 1.50. The summed E-state index contributed by atoms with van der Waals surface area (Å²) in [5.41, 5.74) is 6.75. The van der Waals surface area contributed by atoms with Gasteiger partial charge in [0.2, 0.25) is 0 Å². The molecule has 102 valence electrons. The van der Waals surface area contributed by atoms with Gasteiger partial charge in [0.1, 0.15) is 12.4 Å². The molecule has 0 heterocycles. The van der Waals surface area contributed by atoms with Gasteiger partial charge in [0.25, 0.3) is 0 Å². The molecule has 1 atom stereocenters. The van der Waals surface area contributed by atoms with Crippen LogP contribution in [0.15, 0.2) is 22.7 Å². The summed E-state index contributed by atoms with van der Waals surface area (Å²) in [7, 11) is -3.00. The number of hydrogen-bond acceptors (Lipinski definition) is 4. The fourth-order valence-corrected chi connectivity index (χ4v) is 2.29. The largest absolute Gasteiger partial charge is 0.492 e. The molecule has 0 bridgehead atoms. The number of ether oxygens (including phenoxy) is 1. The van der Waals surface area contributed by atoms with Crippen molar-refractivity contribution in [1.29, 1.82) is 0 Å². The summed E-state index contributed by atoms with van der Waals surface area (Å²) >= 11 is 3.39. The first-order valence-electron chi connectivity index (χ1n) is 5.62. The summed E-state index contributed by atoms with van der Waals surface area (Å²) in [6.45, 7) is 2.08. The van der Waals surface area contributed by atoms with E-state index in [9.17, 15) is 8.42 Å². The zero-order chi connectivity index (χ0) is 13.8. The van der Waals surface area contributed by atoms with Crippen molar-refractivity contribution in [2.45, 2.75) is 19.4 Å². The monoisotopic (exact) mass is 335 g/mol. The fraction of sp³-hybridized carbons (Fsp3) is 0.500. The Labute approximate surface area is 117 Å². The average molecular weight is 336 g/mol. The van der Waals surface area contributed by atoms with Gasteiger partial charge in [-0.25, -0.2) is 8.42 Å². The van der Waals surface area contributed by atoms with E-state index >= 15 is 0 Å². The van der Waals surface area contributed by atoms with Crippen molar-refractivity contribution in [2.24, 2.45) is 5.73 Å².